The van der Waals surface area contributed by atoms with E-state index in [-0.39, 0.29) is 18.3 Å². The van der Waals surface area contributed by atoms with Gasteiger partial charge in [0.1, 0.15) is 6.07 Å². The van der Waals surface area contributed by atoms with Gasteiger partial charge in [-0.15, -0.1) is 0 Å². The number of hydrogen-bond acceptors (Lipinski definition) is 4. The van der Waals surface area contributed by atoms with Crippen molar-refractivity contribution in [3.05, 3.63) is 28.8 Å². The van der Waals surface area contributed by atoms with Crippen molar-refractivity contribution in [3.63, 3.8) is 0 Å². The van der Waals surface area contributed by atoms with Crippen LogP contribution in [0, 0.1) is 11.3 Å². The lowest BCUT2D eigenvalue weighted by Gasteiger charge is -2.43. The first-order chi connectivity index (χ1) is 8.96. The van der Waals surface area contributed by atoms with Gasteiger partial charge in [-0.3, -0.25) is 0 Å². The van der Waals surface area contributed by atoms with Crippen LogP contribution < -0.4 is 4.90 Å². The number of anilines is 1. The van der Waals surface area contributed by atoms with Crippen molar-refractivity contribution in [1.82, 2.24) is 0 Å². The number of hydrogen-bond donors (Lipinski definition) is 1. The van der Waals surface area contributed by atoms with E-state index in [0.717, 1.165) is 5.69 Å². The van der Waals surface area contributed by atoms with Gasteiger partial charge in [-0.2, -0.15) is 5.26 Å². The van der Waals surface area contributed by atoms with Gasteiger partial charge in [0.05, 0.1) is 34.6 Å². The molecule has 19 heavy (non-hydrogen) atoms. The second kappa shape index (κ2) is 5.38. The van der Waals surface area contributed by atoms with Gasteiger partial charge in [0, 0.05) is 13.1 Å². The Morgan fingerprint density at radius 1 is 1.58 bits per heavy atom. The summed E-state index contributed by atoms with van der Waals surface area (Å²) in [6.45, 7) is 5.10. The molecule has 0 saturated carbocycles. The Kier molecular flexibility index (Phi) is 4.00. The lowest BCUT2D eigenvalue weighted by atomic mass is 10.0. The van der Waals surface area contributed by atoms with Crippen LogP contribution >= 0.6 is 11.6 Å². The van der Waals surface area contributed by atoms with Crippen LogP contribution in [-0.4, -0.2) is 36.5 Å². The van der Waals surface area contributed by atoms with Crippen molar-refractivity contribution in [2.45, 2.75) is 25.6 Å². The van der Waals surface area contributed by atoms with Crippen molar-refractivity contribution in [2.75, 3.05) is 24.6 Å². The third-order valence-electron chi connectivity index (χ3n) is 3.13. The fraction of sp³-hybridized carbons (Fsp3) is 0.500. The number of ether oxygens (including phenoxy) is 1. The maximum Gasteiger partial charge on any atom is 0.103 e. The molecule has 4 nitrogen and oxygen atoms in total. The van der Waals surface area contributed by atoms with Gasteiger partial charge in [-0.1, -0.05) is 17.7 Å². The van der Waals surface area contributed by atoms with E-state index in [9.17, 15) is 10.4 Å². The molecule has 1 heterocycles. The quantitative estimate of drug-likeness (QED) is 0.902. The number of nitriles is 1. The van der Waals surface area contributed by atoms with Crippen LogP contribution in [0.5, 0.6) is 0 Å². The van der Waals surface area contributed by atoms with Gasteiger partial charge in [-0.25, -0.2) is 0 Å². The van der Waals surface area contributed by atoms with Crippen LogP contribution in [-0.2, 0) is 4.74 Å². The van der Waals surface area contributed by atoms with Gasteiger partial charge in [-0.05, 0) is 26.0 Å². The number of nitrogens with zero attached hydrogens (tertiary/aromatic N) is 2. The molecule has 0 bridgehead atoms. The molecule has 0 radical (unpaired) electrons. The molecule has 1 aliphatic heterocycles. The first-order valence-corrected chi connectivity index (χ1v) is 6.57. The number of aliphatic hydroxyl groups excluding tert-OH is 1. The molecule has 1 N–H and O–H groups in total. The number of morpholine rings is 1. The lowest BCUT2D eigenvalue weighted by Crippen LogP contribution is -2.54. The highest BCUT2D eigenvalue weighted by Gasteiger charge is 2.34. The summed E-state index contributed by atoms with van der Waals surface area (Å²) in [5, 5.41) is 19.0. The third kappa shape index (κ3) is 3.01. The van der Waals surface area contributed by atoms with Crippen molar-refractivity contribution in [2.24, 2.45) is 0 Å². The van der Waals surface area contributed by atoms with Crippen LogP contribution in [0.4, 0.5) is 5.69 Å². The molecule has 5 heteroatoms. The highest BCUT2D eigenvalue weighted by Crippen LogP contribution is 2.31. The average molecular weight is 281 g/mol. The molecular weight excluding hydrogens is 264 g/mol. The summed E-state index contributed by atoms with van der Waals surface area (Å²) in [6.07, 6.45) is -0.255. The predicted octanol–water partition coefficient (Wildman–Crippen LogP) is 2.19. The van der Waals surface area contributed by atoms with E-state index >= 15 is 0 Å². The van der Waals surface area contributed by atoms with E-state index in [2.05, 4.69) is 11.0 Å². The van der Waals surface area contributed by atoms with Gasteiger partial charge in [0.15, 0.2) is 0 Å². The predicted molar refractivity (Wildman–Crippen MR) is 74.4 cm³/mol. The summed E-state index contributed by atoms with van der Waals surface area (Å²) in [5.41, 5.74) is 0.893. The maximum absolute atomic E-state index is 9.33. The molecule has 0 aliphatic carbocycles. The largest absolute Gasteiger partial charge is 0.394 e. The van der Waals surface area contributed by atoms with Crippen molar-refractivity contribution in [3.8, 4) is 6.07 Å². The molecule has 0 amide bonds. The Morgan fingerprint density at radius 2 is 2.32 bits per heavy atom. The molecule has 1 saturated heterocycles. The lowest BCUT2D eigenvalue weighted by molar-refractivity contribution is -0.101. The zero-order valence-corrected chi connectivity index (χ0v) is 11.8. The van der Waals surface area contributed by atoms with Gasteiger partial charge in [0.25, 0.3) is 0 Å². The van der Waals surface area contributed by atoms with Crippen LogP contribution in [0.1, 0.15) is 19.4 Å². The van der Waals surface area contributed by atoms with Crippen LogP contribution in [0.25, 0.3) is 0 Å². The van der Waals surface area contributed by atoms with Crippen LogP contribution in [0.2, 0.25) is 5.02 Å². The van der Waals surface area contributed by atoms with Gasteiger partial charge >= 0.3 is 0 Å². The minimum absolute atomic E-state index is 0.0393. The number of rotatable bonds is 2. The molecule has 1 unspecified atom stereocenters. The summed E-state index contributed by atoms with van der Waals surface area (Å²) < 4.78 is 5.77. The van der Waals surface area contributed by atoms with Crippen LogP contribution in [0.15, 0.2) is 18.2 Å². The molecule has 0 aromatic heterocycles. The fourth-order valence-electron chi connectivity index (χ4n) is 2.46. The van der Waals surface area contributed by atoms with Crippen molar-refractivity contribution >= 4 is 17.3 Å². The highest BCUT2D eigenvalue weighted by atomic mass is 35.5. The minimum atomic E-state index is -0.374. The minimum Gasteiger partial charge on any atom is -0.394 e. The SMILES string of the molecule is CC1(C)CN(c2cccc(Cl)c2C#N)CC(CO)O1. The summed E-state index contributed by atoms with van der Waals surface area (Å²) in [7, 11) is 0. The third-order valence-corrected chi connectivity index (χ3v) is 3.44. The average Bonchev–Trinajstić information content (AvgIpc) is 2.36. The summed E-state index contributed by atoms with van der Waals surface area (Å²) in [5.74, 6) is 0. The fourth-order valence-corrected chi connectivity index (χ4v) is 2.67. The monoisotopic (exact) mass is 280 g/mol. The van der Waals surface area contributed by atoms with Gasteiger partial charge in [0.2, 0.25) is 0 Å². The van der Waals surface area contributed by atoms with E-state index in [4.69, 9.17) is 16.3 Å². The highest BCUT2D eigenvalue weighted by molar-refractivity contribution is 6.32. The molecule has 1 aromatic rings. The second-order valence-electron chi connectivity index (χ2n) is 5.31. The Morgan fingerprint density at radius 3 is 2.95 bits per heavy atom. The molecule has 102 valence electrons. The van der Waals surface area contributed by atoms with E-state index in [1.807, 2.05) is 26.0 Å². The summed E-state index contributed by atoms with van der Waals surface area (Å²) >= 11 is 6.06. The molecule has 1 atom stereocenters. The van der Waals surface area contributed by atoms with Crippen molar-refractivity contribution < 1.29 is 9.84 Å². The van der Waals surface area contributed by atoms with E-state index in [1.165, 1.54) is 0 Å². The Balaban J connectivity index is 2.36. The van der Waals surface area contributed by atoms with Crippen molar-refractivity contribution in [1.29, 1.82) is 5.26 Å². The standard InChI is InChI=1S/C14H17ClN2O2/c1-14(2)9-17(7-10(8-18)19-14)13-5-3-4-12(15)11(13)6-16/h3-5,10,18H,7-9H2,1-2H3. The van der Waals surface area contributed by atoms with E-state index < -0.39 is 0 Å². The Bertz CT molecular complexity index is 511. The molecule has 1 aromatic carbocycles. The zero-order valence-electron chi connectivity index (χ0n) is 11.1. The van der Waals surface area contributed by atoms with E-state index in [0.29, 0.717) is 23.7 Å². The Labute approximate surface area is 118 Å². The molecule has 2 rings (SSSR count). The number of halogens is 1. The molecule has 0 spiro atoms. The first kappa shape index (κ1) is 14.1. The van der Waals surface area contributed by atoms with Gasteiger partial charge < -0.3 is 14.7 Å². The zero-order chi connectivity index (χ0) is 14.0. The topological polar surface area (TPSA) is 56.5 Å². The summed E-state index contributed by atoms with van der Waals surface area (Å²) in [4.78, 5) is 2.05. The number of benzene rings is 1. The molecule has 1 fully saturated rings. The maximum atomic E-state index is 9.33. The molecule has 1 aliphatic rings. The summed E-state index contributed by atoms with van der Waals surface area (Å²) in [6, 6.07) is 7.56. The number of aliphatic hydroxyl groups is 1. The Hall–Kier alpha value is -1.28. The van der Waals surface area contributed by atoms with E-state index in [1.54, 1.807) is 6.07 Å². The first-order valence-electron chi connectivity index (χ1n) is 6.19. The normalized spacial score (nSPS) is 22.1. The second-order valence-corrected chi connectivity index (χ2v) is 5.72. The van der Waals surface area contributed by atoms with Crippen LogP contribution in [0.3, 0.4) is 0 Å². The smallest absolute Gasteiger partial charge is 0.103 e. The molecular formula is C14H17ClN2O2.